The quantitative estimate of drug-likeness (QED) is 0.358. The third-order valence-electron chi connectivity index (χ3n) is 5.74. The molecule has 0 bridgehead atoms. The first-order valence-corrected chi connectivity index (χ1v) is 11.4. The molecule has 188 valence electrons. The van der Waals surface area contributed by atoms with Gasteiger partial charge in [-0.2, -0.15) is 0 Å². The van der Waals surface area contributed by atoms with E-state index in [0.717, 1.165) is 16.5 Å². The molecule has 2 aromatic heterocycles. The lowest BCUT2D eigenvalue weighted by Crippen LogP contribution is -2.48. The van der Waals surface area contributed by atoms with Crippen molar-refractivity contribution < 1.29 is 22.7 Å². The average molecular weight is 497 g/mol. The highest BCUT2D eigenvalue weighted by Crippen LogP contribution is 2.35. The molecule has 9 heteroatoms. The number of aromatic nitrogens is 3. The molecule has 2 heterocycles. The lowest BCUT2D eigenvalue weighted by Gasteiger charge is -2.30. The Morgan fingerprint density at radius 3 is 2.22 bits per heavy atom. The van der Waals surface area contributed by atoms with Crippen molar-refractivity contribution in [2.45, 2.75) is 51.9 Å². The second-order valence-electron chi connectivity index (χ2n) is 10.1. The van der Waals surface area contributed by atoms with E-state index in [1.807, 2.05) is 63.5 Å². The number of hydrogen-bond donors (Lipinski definition) is 1. The Kier molecular flexibility index (Phi) is 6.28. The lowest BCUT2D eigenvalue weighted by molar-refractivity contribution is -0.274. The predicted molar refractivity (Wildman–Crippen MR) is 132 cm³/mol. The van der Waals surface area contributed by atoms with Crippen molar-refractivity contribution in [1.29, 1.82) is 0 Å². The van der Waals surface area contributed by atoms with Crippen LogP contribution in [0, 0.1) is 0 Å². The van der Waals surface area contributed by atoms with Crippen LogP contribution in [0.1, 0.15) is 40.2 Å². The molecule has 0 aliphatic rings. The Morgan fingerprint density at radius 1 is 0.944 bits per heavy atom. The summed E-state index contributed by atoms with van der Waals surface area (Å²) in [7, 11) is 0. The van der Waals surface area contributed by atoms with Gasteiger partial charge in [0, 0.05) is 23.3 Å². The van der Waals surface area contributed by atoms with Crippen LogP contribution >= 0.6 is 0 Å². The molecule has 36 heavy (non-hydrogen) atoms. The Hall–Kier alpha value is -3.88. The van der Waals surface area contributed by atoms with E-state index in [2.05, 4.69) is 20.0 Å². The van der Waals surface area contributed by atoms with E-state index in [-0.39, 0.29) is 17.2 Å². The Balaban J connectivity index is 1.82. The topological polar surface area (TPSA) is 69.0 Å². The van der Waals surface area contributed by atoms with Crippen molar-refractivity contribution in [3.63, 3.8) is 0 Å². The highest BCUT2D eigenvalue weighted by molar-refractivity contribution is 5.93. The normalized spacial score (nSPS) is 12.6. The van der Waals surface area contributed by atoms with Crippen LogP contribution in [0.15, 0.2) is 67.1 Å². The number of ether oxygens (including phenoxy) is 1. The number of halogens is 3. The maximum absolute atomic E-state index is 13.0. The van der Waals surface area contributed by atoms with Gasteiger partial charge in [0.15, 0.2) is 5.82 Å². The summed E-state index contributed by atoms with van der Waals surface area (Å²) >= 11 is 0. The molecular weight excluding hydrogens is 469 g/mol. The van der Waals surface area contributed by atoms with E-state index in [9.17, 15) is 18.0 Å². The van der Waals surface area contributed by atoms with Crippen LogP contribution in [-0.2, 0) is 10.2 Å². The molecule has 0 aliphatic carbocycles. The van der Waals surface area contributed by atoms with Gasteiger partial charge in [0.1, 0.15) is 5.75 Å². The van der Waals surface area contributed by atoms with Gasteiger partial charge in [-0.15, -0.1) is 13.2 Å². The molecule has 2 aromatic carbocycles. The second kappa shape index (κ2) is 8.96. The number of nitrogens with one attached hydrogen (secondary N) is 1. The third-order valence-corrected chi connectivity index (χ3v) is 5.74. The first-order chi connectivity index (χ1) is 16.7. The molecule has 0 radical (unpaired) electrons. The number of fused-ring (bicyclic) bond motifs is 1. The third kappa shape index (κ3) is 5.35. The first kappa shape index (κ1) is 25.2. The highest BCUT2D eigenvalue weighted by Gasteiger charge is 2.33. The smallest absolute Gasteiger partial charge is 0.406 e. The van der Waals surface area contributed by atoms with Crippen molar-refractivity contribution >= 4 is 16.8 Å². The molecular formula is C27H27F3N4O2. The van der Waals surface area contributed by atoms with Crippen molar-refractivity contribution in [2.75, 3.05) is 0 Å². The second-order valence-corrected chi connectivity index (χ2v) is 10.1. The summed E-state index contributed by atoms with van der Waals surface area (Å²) < 4.78 is 43.7. The van der Waals surface area contributed by atoms with E-state index in [0.29, 0.717) is 17.1 Å². The van der Waals surface area contributed by atoms with Crippen molar-refractivity contribution in [3.8, 4) is 22.8 Å². The number of amides is 1. The van der Waals surface area contributed by atoms with Gasteiger partial charge in [-0.25, -0.2) is 4.98 Å². The molecule has 6 nitrogen and oxygen atoms in total. The van der Waals surface area contributed by atoms with Gasteiger partial charge in [-0.05, 0) is 88.2 Å². The summed E-state index contributed by atoms with van der Waals surface area (Å²) in [6.45, 7) is 9.54. The van der Waals surface area contributed by atoms with Crippen LogP contribution in [0.5, 0.6) is 5.75 Å². The van der Waals surface area contributed by atoms with Crippen molar-refractivity contribution in [1.82, 2.24) is 19.9 Å². The molecule has 4 rings (SSSR count). The van der Waals surface area contributed by atoms with E-state index >= 15 is 0 Å². The first-order valence-electron chi connectivity index (χ1n) is 11.4. The average Bonchev–Trinajstić information content (AvgIpc) is 3.16. The van der Waals surface area contributed by atoms with Gasteiger partial charge >= 0.3 is 6.36 Å². The minimum Gasteiger partial charge on any atom is -0.406 e. The lowest BCUT2D eigenvalue weighted by atomic mass is 9.82. The highest BCUT2D eigenvalue weighted by atomic mass is 19.4. The summed E-state index contributed by atoms with van der Waals surface area (Å²) in [6, 6.07) is 13.4. The molecule has 0 saturated carbocycles. The van der Waals surface area contributed by atoms with Gasteiger partial charge in [0.25, 0.3) is 0 Å². The molecule has 1 N–H and O–H groups in total. The van der Waals surface area contributed by atoms with Crippen molar-refractivity contribution in [2.24, 2.45) is 0 Å². The maximum atomic E-state index is 13.0. The van der Waals surface area contributed by atoms with Gasteiger partial charge in [-0.1, -0.05) is 6.07 Å². The number of hydrogen-bond acceptors (Lipinski definition) is 4. The summed E-state index contributed by atoms with van der Waals surface area (Å²) in [5.74, 6) is 0.154. The molecule has 0 fully saturated rings. The Labute approximate surface area is 207 Å². The molecule has 0 unspecified atom stereocenters. The number of carbonyl (C=O) groups excluding carboxylic acids is 1. The van der Waals surface area contributed by atoms with Crippen LogP contribution in [0.25, 0.3) is 28.0 Å². The Morgan fingerprint density at radius 2 is 1.64 bits per heavy atom. The fourth-order valence-electron chi connectivity index (χ4n) is 3.93. The predicted octanol–water partition coefficient (Wildman–Crippen LogP) is 6.18. The van der Waals surface area contributed by atoms with E-state index in [1.54, 1.807) is 30.7 Å². The number of alkyl halides is 3. The van der Waals surface area contributed by atoms with Crippen molar-refractivity contribution in [3.05, 3.63) is 72.7 Å². The van der Waals surface area contributed by atoms with Crippen LogP contribution in [0.3, 0.4) is 0 Å². The van der Waals surface area contributed by atoms with Crippen LogP contribution < -0.4 is 10.1 Å². The van der Waals surface area contributed by atoms with Gasteiger partial charge in [0.2, 0.25) is 5.91 Å². The molecule has 0 atom stereocenters. The van der Waals surface area contributed by atoms with E-state index < -0.39 is 11.8 Å². The van der Waals surface area contributed by atoms with E-state index in [4.69, 9.17) is 0 Å². The summed E-state index contributed by atoms with van der Waals surface area (Å²) in [5.41, 5.74) is 1.84. The van der Waals surface area contributed by atoms with Crippen LogP contribution in [0.2, 0.25) is 0 Å². The van der Waals surface area contributed by atoms with Gasteiger partial charge < -0.3 is 10.1 Å². The molecule has 0 saturated heterocycles. The fourth-order valence-corrected chi connectivity index (χ4v) is 3.93. The largest absolute Gasteiger partial charge is 0.573 e. The maximum Gasteiger partial charge on any atom is 0.573 e. The fraction of sp³-hybridized carbons (Fsp3) is 0.296. The summed E-state index contributed by atoms with van der Waals surface area (Å²) in [5, 5.41) is 3.89. The number of carbonyl (C=O) groups is 1. The number of nitrogens with zero attached hydrogens (tertiary/aromatic N) is 3. The van der Waals surface area contributed by atoms with Gasteiger partial charge in [-0.3, -0.25) is 14.3 Å². The van der Waals surface area contributed by atoms with Crippen LogP contribution in [0.4, 0.5) is 13.2 Å². The molecule has 1 amide bonds. The minimum atomic E-state index is -4.77. The molecule has 0 aliphatic heterocycles. The monoisotopic (exact) mass is 496 g/mol. The summed E-state index contributed by atoms with van der Waals surface area (Å²) in [4.78, 5) is 21.6. The Bertz CT molecular complexity index is 1390. The zero-order valence-corrected chi connectivity index (χ0v) is 20.6. The summed E-state index contributed by atoms with van der Waals surface area (Å²) in [6.07, 6.45) is -0.0245. The van der Waals surface area contributed by atoms with Crippen LogP contribution in [-0.4, -0.2) is 32.3 Å². The minimum absolute atomic E-state index is 0.0943. The number of benzene rings is 2. The standard InChI is InChI=1S/C27H27F3N4O2/c1-25(2,3)33-24(35)26(4,5)19-8-11-21-18(14-19)15-22(34(21)23-16-31-12-13-32-23)17-6-9-20(10-7-17)36-27(28,29)30/h6-16H,1-5H3,(H,33,35). The zero-order chi connectivity index (χ0) is 26.3. The molecule has 0 spiro atoms. The zero-order valence-electron chi connectivity index (χ0n) is 20.6. The number of rotatable bonds is 5. The van der Waals surface area contributed by atoms with E-state index in [1.165, 1.54) is 12.1 Å². The molecule has 4 aromatic rings. The van der Waals surface area contributed by atoms with Gasteiger partial charge in [0.05, 0.1) is 22.8 Å². The SMILES string of the molecule is CC(C)(C)NC(=O)C(C)(C)c1ccc2c(c1)cc(-c1ccc(OC(F)(F)F)cc1)n2-c1cnccn1.